The minimum atomic E-state index is -0.781. The number of nitrogens with one attached hydrogen (secondary N) is 1. The second-order valence-corrected chi connectivity index (χ2v) is 5.19. The Morgan fingerprint density at radius 2 is 2.08 bits per heavy atom. The molecule has 0 aliphatic rings. The van der Waals surface area contributed by atoms with E-state index >= 15 is 0 Å². The topological polar surface area (TPSA) is 125 Å². The van der Waals surface area contributed by atoms with Gasteiger partial charge < -0.3 is 15.2 Å². The zero-order chi connectivity index (χ0) is 19.1. The minimum Gasteiger partial charge on any atom is -0.500 e. The number of carbonyl (C=O) groups is 1. The van der Waals surface area contributed by atoms with E-state index in [1.165, 1.54) is 19.3 Å². The first-order valence-electron chi connectivity index (χ1n) is 7.45. The Morgan fingerprint density at radius 1 is 1.38 bits per heavy atom. The molecule has 0 fully saturated rings. The smallest absolute Gasteiger partial charge is 0.315 e. The zero-order valence-electron chi connectivity index (χ0n) is 13.8. The van der Waals surface area contributed by atoms with Crippen LogP contribution < -0.4 is 10.1 Å². The number of hydrogen-bond donors (Lipinski definition) is 2. The van der Waals surface area contributed by atoms with E-state index in [0.717, 1.165) is 11.6 Å². The van der Waals surface area contributed by atoms with Crippen LogP contribution in [0.1, 0.15) is 11.1 Å². The lowest BCUT2D eigenvalue weighted by Gasteiger charge is -2.07. The van der Waals surface area contributed by atoms with Gasteiger partial charge in [0.25, 0.3) is 5.91 Å². The minimum absolute atomic E-state index is 0.132. The zero-order valence-corrected chi connectivity index (χ0v) is 13.8. The number of nitrogens with zero attached hydrogens (tertiary/aromatic N) is 2. The van der Waals surface area contributed by atoms with Gasteiger partial charge in [0, 0.05) is 12.6 Å². The molecule has 0 bridgehead atoms. The van der Waals surface area contributed by atoms with E-state index in [9.17, 15) is 25.3 Å². The molecule has 0 aliphatic carbocycles. The Balaban J connectivity index is 2.27. The normalized spacial score (nSPS) is 10.7. The third kappa shape index (κ3) is 4.36. The van der Waals surface area contributed by atoms with Gasteiger partial charge >= 0.3 is 5.69 Å². The molecule has 2 rings (SSSR count). The second kappa shape index (κ2) is 8.30. The van der Waals surface area contributed by atoms with Crippen molar-refractivity contribution in [2.45, 2.75) is 6.54 Å². The Bertz CT molecular complexity index is 901. The Morgan fingerprint density at radius 3 is 2.65 bits per heavy atom. The molecule has 0 aliphatic heterocycles. The van der Waals surface area contributed by atoms with Crippen LogP contribution >= 0.6 is 0 Å². The van der Waals surface area contributed by atoms with Crippen molar-refractivity contribution in [3.63, 3.8) is 0 Å². The number of phenols is 1. The number of benzene rings is 2. The van der Waals surface area contributed by atoms with Crippen molar-refractivity contribution in [3.05, 3.63) is 69.3 Å². The molecule has 0 saturated heterocycles. The maximum Gasteiger partial charge on any atom is 0.315 e. The first kappa shape index (κ1) is 18.5. The van der Waals surface area contributed by atoms with E-state index in [1.807, 2.05) is 30.3 Å². The van der Waals surface area contributed by atoms with E-state index in [1.54, 1.807) is 6.07 Å². The molecule has 8 nitrogen and oxygen atoms in total. The number of aromatic hydroxyl groups is 1. The summed E-state index contributed by atoms with van der Waals surface area (Å²) in [5, 5.41) is 32.6. The highest BCUT2D eigenvalue weighted by molar-refractivity contribution is 6.01. The van der Waals surface area contributed by atoms with E-state index in [2.05, 4.69) is 5.32 Å². The lowest BCUT2D eigenvalue weighted by molar-refractivity contribution is -0.386. The van der Waals surface area contributed by atoms with Gasteiger partial charge in [0.2, 0.25) is 5.75 Å². The lowest BCUT2D eigenvalue weighted by Crippen LogP contribution is -2.23. The fourth-order valence-electron chi connectivity index (χ4n) is 2.18. The van der Waals surface area contributed by atoms with Crippen molar-refractivity contribution in [2.75, 3.05) is 7.11 Å². The number of rotatable bonds is 6. The largest absolute Gasteiger partial charge is 0.500 e. The van der Waals surface area contributed by atoms with Crippen molar-refractivity contribution in [2.24, 2.45) is 0 Å². The number of amides is 1. The molecule has 2 aromatic carbocycles. The van der Waals surface area contributed by atoms with Crippen LogP contribution in [-0.4, -0.2) is 23.0 Å². The van der Waals surface area contributed by atoms with Crippen molar-refractivity contribution in [1.29, 1.82) is 5.26 Å². The fourth-order valence-corrected chi connectivity index (χ4v) is 2.18. The van der Waals surface area contributed by atoms with Crippen LogP contribution in [0.15, 0.2) is 48.0 Å². The summed E-state index contributed by atoms with van der Waals surface area (Å²) < 4.78 is 4.89. The number of carbonyl (C=O) groups excluding carboxylic acids is 1. The van der Waals surface area contributed by atoms with Crippen molar-refractivity contribution in [3.8, 4) is 17.6 Å². The molecule has 0 heterocycles. The van der Waals surface area contributed by atoms with Crippen LogP contribution in [-0.2, 0) is 11.3 Å². The number of phenolic OH excluding ortho intramolecular Hbond substituents is 1. The van der Waals surface area contributed by atoms with Gasteiger partial charge in [-0.05, 0) is 23.3 Å². The molecule has 0 spiro atoms. The molecule has 132 valence electrons. The molecule has 0 radical (unpaired) electrons. The summed E-state index contributed by atoms with van der Waals surface area (Å²) in [6, 6.07) is 13.3. The summed E-state index contributed by atoms with van der Waals surface area (Å²) in [5.74, 6) is -1.37. The first-order valence-corrected chi connectivity index (χ1v) is 7.45. The van der Waals surface area contributed by atoms with Crippen LogP contribution in [0.4, 0.5) is 5.69 Å². The summed E-state index contributed by atoms with van der Waals surface area (Å²) in [4.78, 5) is 22.4. The summed E-state index contributed by atoms with van der Waals surface area (Å²) in [5.41, 5.74) is 0.221. The van der Waals surface area contributed by atoms with Gasteiger partial charge in [0.15, 0.2) is 5.75 Å². The van der Waals surface area contributed by atoms with E-state index < -0.39 is 22.3 Å². The molecule has 8 heteroatoms. The van der Waals surface area contributed by atoms with Crippen molar-refractivity contribution < 1.29 is 19.6 Å². The van der Waals surface area contributed by atoms with Crippen LogP contribution in [0.25, 0.3) is 6.08 Å². The second-order valence-electron chi connectivity index (χ2n) is 5.19. The summed E-state index contributed by atoms with van der Waals surface area (Å²) in [6.45, 7) is 0.234. The van der Waals surface area contributed by atoms with Gasteiger partial charge in [-0.1, -0.05) is 30.3 Å². The van der Waals surface area contributed by atoms with E-state index in [0.29, 0.717) is 0 Å². The Labute approximate surface area is 149 Å². The maximum atomic E-state index is 12.2. The van der Waals surface area contributed by atoms with Gasteiger partial charge in [0.05, 0.1) is 12.0 Å². The summed E-state index contributed by atoms with van der Waals surface area (Å²) in [6.07, 6.45) is 1.19. The number of ether oxygens (including phenoxy) is 1. The molecular weight excluding hydrogens is 338 g/mol. The Hall–Kier alpha value is -3.86. The molecule has 0 atom stereocenters. The lowest BCUT2D eigenvalue weighted by atomic mass is 10.1. The number of nitro groups is 1. The Kier molecular flexibility index (Phi) is 5.90. The monoisotopic (exact) mass is 353 g/mol. The summed E-state index contributed by atoms with van der Waals surface area (Å²) >= 11 is 0. The molecule has 0 unspecified atom stereocenters. The van der Waals surface area contributed by atoms with Crippen LogP contribution in [0.2, 0.25) is 0 Å². The molecule has 0 aromatic heterocycles. The van der Waals surface area contributed by atoms with Crippen molar-refractivity contribution in [1.82, 2.24) is 5.32 Å². The molecular formula is C18H15N3O5. The first-order chi connectivity index (χ1) is 12.5. The highest BCUT2D eigenvalue weighted by Crippen LogP contribution is 2.37. The summed E-state index contributed by atoms with van der Waals surface area (Å²) in [7, 11) is 1.24. The number of methoxy groups -OCH3 is 1. The standard InChI is InChI=1S/C18H15N3O5/c1-26-16-9-13(8-15(17(16)22)21(24)25)7-14(10-19)18(23)20-11-12-5-3-2-4-6-12/h2-9,22H,11H2,1H3,(H,20,23). The highest BCUT2D eigenvalue weighted by Gasteiger charge is 2.20. The van der Waals surface area contributed by atoms with E-state index in [4.69, 9.17) is 4.74 Å². The van der Waals surface area contributed by atoms with Crippen molar-refractivity contribution >= 4 is 17.7 Å². The predicted molar refractivity (Wildman–Crippen MR) is 93.2 cm³/mol. The average molecular weight is 353 g/mol. The number of nitriles is 1. The quantitative estimate of drug-likeness (QED) is 0.356. The average Bonchev–Trinajstić information content (AvgIpc) is 2.65. The van der Waals surface area contributed by atoms with Crippen LogP contribution in [0.5, 0.6) is 11.5 Å². The predicted octanol–water partition coefficient (Wildman–Crippen LogP) is 2.53. The fraction of sp³-hybridized carbons (Fsp3) is 0.111. The van der Waals surface area contributed by atoms with Crippen LogP contribution in [0, 0.1) is 21.4 Å². The highest BCUT2D eigenvalue weighted by atomic mass is 16.6. The molecule has 2 aromatic rings. The maximum absolute atomic E-state index is 12.2. The van der Waals surface area contributed by atoms with Gasteiger partial charge in [-0.3, -0.25) is 14.9 Å². The van der Waals surface area contributed by atoms with Gasteiger partial charge in [-0.25, -0.2) is 0 Å². The SMILES string of the molecule is COc1cc(C=C(C#N)C(=O)NCc2ccccc2)cc([N+](=O)[O-])c1O. The van der Waals surface area contributed by atoms with Gasteiger partial charge in [-0.15, -0.1) is 0 Å². The molecule has 26 heavy (non-hydrogen) atoms. The molecule has 0 saturated carbocycles. The third-order valence-corrected chi connectivity index (χ3v) is 3.47. The molecule has 1 amide bonds. The number of hydrogen-bond acceptors (Lipinski definition) is 6. The van der Waals surface area contributed by atoms with Gasteiger partial charge in [0.1, 0.15) is 11.6 Å². The van der Waals surface area contributed by atoms with Gasteiger partial charge in [-0.2, -0.15) is 5.26 Å². The molecule has 2 N–H and O–H groups in total. The van der Waals surface area contributed by atoms with E-state index in [-0.39, 0.29) is 23.4 Å². The third-order valence-electron chi connectivity index (χ3n) is 3.47. The van der Waals surface area contributed by atoms with Crippen LogP contribution in [0.3, 0.4) is 0 Å². The number of nitro benzene ring substituents is 1.